The summed E-state index contributed by atoms with van der Waals surface area (Å²) in [6, 6.07) is 1.60. The predicted molar refractivity (Wildman–Crippen MR) is 49.1 cm³/mol. The summed E-state index contributed by atoms with van der Waals surface area (Å²) in [5, 5.41) is 3.73. The predicted octanol–water partition coefficient (Wildman–Crippen LogP) is 0.671. The molecule has 0 spiro atoms. The highest BCUT2D eigenvalue weighted by Crippen LogP contribution is 2.11. The van der Waals surface area contributed by atoms with Crippen molar-refractivity contribution in [2.45, 2.75) is 13.3 Å². The Labute approximate surface area is 80.2 Å². The van der Waals surface area contributed by atoms with Gasteiger partial charge in [0, 0.05) is 12.6 Å². The molecular formula is C8H9N5O. The van der Waals surface area contributed by atoms with Crippen molar-refractivity contribution >= 4 is 5.82 Å². The summed E-state index contributed by atoms with van der Waals surface area (Å²) in [5.41, 5.74) is 5.50. The van der Waals surface area contributed by atoms with E-state index in [1.54, 1.807) is 12.3 Å². The van der Waals surface area contributed by atoms with E-state index in [9.17, 15) is 0 Å². The van der Waals surface area contributed by atoms with Crippen LogP contribution in [-0.2, 0) is 6.42 Å². The standard InChI is InChI=1S/C8H9N5O/c1-2-6-12-8(13-14-6)7-10-4-3-5(9)11-7/h3-4H,2H2,1H3,(H2,9,10,11). The fourth-order valence-electron chi connectivity index (χ4n) is 0.970. The quantitative estimate of drug-likeness (QED) is 0.750. The van der Waals surface area contributed by atoms with Gasteiger partial charge in [-0.05, 0) is 6.07 Å². The highest BCUT2D eigenvalue weighted by Gasteiger charge is 2.09. The van der Waals surface area contributed by atoms with Crippen LogP contribution in [0.1, 0.15) is 12.8 Å². The van der Waals surface area contributed by atoms with Crippen LogP contribution in [-0.4, -0.2) is 20.1 Å². The molecular weight excluding hydrogens is 182 g/mol. The number of hydrogen-bond donors (Lipinski definition) is 1. The second-order valence-corrected chi connectivity index (χ2v) is 2.67. The van der Waals surface area contributed by atoms with Crippen molar-refractivity contribution in [1.29, 1.82) is 0 Å². The van der Waals surface area contributed by atoms with Gasteiger partial charge in [0.1, 0.15) is 5.82 Å². The molecule has 2 rings (SSSR count). The lowest BCUT2D eigenvalue weighted by molar-refractivity contribution is 0.382. The van der Waals surface area contributed by atoms with Crippen molar-refractivity contribution in [3.05, 3.63) is 18.2 Å². The Hall–Kier alpha value is -1.98. The molecule has 0 unspecified atom stereocenters. The Morgan fingerprint density at radius 1 is 1.36 bits per heavy atom. The van der Waals surface area contributed by atoms with Gasteiger partial charge in [-0.25, -0.2) is 9.97 Å². The van der Waals surface area contributed by atoms with Crippen LogP contribution in [0.4, 0.5) is 5.82 Å². The van der Waals surface area contributed by atoms with E-state index < -0.39 is 0 Å². The monoisotopic (exact) mass is 191 g/mol. The van der Waals surface area contributed by atoms with E-state index in [2.05, 4.69) is 20.1 Å². The summed E-state index contributed by atoms with van der Waals surface area (Å²) in [6.45, 7) is 1.93. The summed E-state index contributed by atoms with van der Waals surface area (Å²) < 4.78 is 4.93. The fourth-order valence-corrected chi connectivity index (χ4v) is 0.970. The van der Waals surface area contributed by atoms with Crippen molar-refractivity contribution < 1.29 is 4.52 Å². The Balaban J connectivity index is 2.39. The first-order valence-electron chi connectivity index (χ1n) is 4.21. The highest BCUT2D eigenvalue weighted by molar-refractivity contribution is 5.44. The number of nitrogens with two attached hydrogens (primary N) is 1. The molecule has 0 aliphatic heterocycles. The van der Waals surface area contributed by atoms with Crippen LogP contribution in [0.3, 0.4) is 0 Å². The minimum atomic E-state index is 0.370. The van der Waals surface area contributed by atoms with Crippen LogP contribution in [0.2, 0.25) is 0 Å². The lowest BCUT2D eigenvalue weighted by atomic mass is 10.5. The van der Waals surface area contributed by atoms with Crippen molar-refractivity contribution in [1.82, 2.24) is 20.1 Å². The fraction of sp³-hybridized carbons (Fsp3) is 0.250. The number of nitrogens with zero attached hydrogens (tertiary/aromatic N) is 4. The number of aromatic nitrogens is 4. The lowest BCUT2D eigenvalue weighted by Gasteiger charge is -1.92. The molecule has 2 N–H and O–H groups in total. The van der Waals surface area contributed by atoms with Gasteiger partial charge in [0.15, 0.2) is 0 Å². The van der Waals surface area contributed by atoms with Gasteiger partial charge >= 0.3 is 0 Å². The molecule has 0 amide bonds. The molecule has 2 aromatic rings. The summed E-state index contributed by atoms with van der Waals surface area (Å²) >= 11 is 0. The molecule has 6 heteroatoms. The van der Waals surface area contributed by atoms with Gasteiger partial charge in [-0.2, -0.15) is 4.98 Å². The summed E-state index contributed by atoms with van der Waals surface area (Å²) in [6.07, 6.45) is 2.25. The summed E-state index contributed by atoms with van der Waals surface area (Å²) in [7, 11) is 0. The average Bonchev–Trinajstić information content (AvgIpc) is 2.66. The molecule has 0 aliphatic carbocycles. The third kappa shape index (κ3) is 1.54. The largest absolute Gasteiger partial charge is 0.384 e. The summed E-state index contributed by atoms with van der Waals surface area (Å²) in [4.78, 5) is 12.0. The van der Waals surface area contributed by atoms with E-state index in [0.717, 1.165) is 0 Å². The second kappa shape index (κ2) is 3.41. The van der Waals surface area contributed by atoms with E-state index in [0.29, 0.717) is 29.8 Å². The molecule has 6 nitrogen and oxygen atoms in total. The van der Waals surface area contributed by atoms with Gasteiger partial charge in [-0.1, -0.05) is 12.1 Å². The molecule has 0 atom stereocenters. The molecule has 0 aromatic carbocycles. The van der Waals surface area contributed by atoms with Gasteiger partial charge in [-0.3, -0.25) is 0 Å². The van der Waals surface area contributed by atoms with Gasteiger partial charge in [-0.15, -0.1) is 0 Å². The molecule has 0 saturated carbocycles. The molecule has 14 heavy (non-hydrogen) atoms. The van der Waals surface area contributed by atoms with Crippen LogP contribution >= 0.6 is 0 Å². The molecule has 0 bridgehead atoms. The van der Waals surface area contributed by atoms with E-state index >= 15 is 0 Å². The smallest absolute Gasteiger partial charge is 0.240 e. The van der Waals surface area contributed by atoms with Crippen LogP contribution in [0.25, 0.3) is 11.6 Å². The van der Waals surface area contributed by atoms with E-state index in [-0.39, 0.29) is 0 Å². The molecule has 0 fully saturated rings. The molecule has 2 heterocycles. The topological polar surface area (TPSA) is 90.7 Å². The minimum absolute atomic E-state index is 0.370. The van der Waals surface area contributed by atoms with Crippen LogP contribution in [0.5, 0.6) is 0 Å². The zero-order chi connectivity index (χ0) is 9.97. The first-order chi connectivity index (χ1) is 6.79. The van der Waals surface area contributed by atoms with E-state index in [1.807, 2.05) is 6.92 Å². The Kier molecular flexibility index (Phi) is 2.10. The van der Waals surface area contributed by atoms with Crippen LogP contribution in [0.15, 0.2) is 16.8 Å². The third-order valence-corrected chi connectivity index (χ3v) is 1.65. The molecule has 2 aromatic heterocycles. The number of aryl methyl sites for hydroxylation is 1. The molecule has 72 valence electrons. The van der Waals surface area contributed by atoms with Crippen LogP contribution < -0.4 is 5.73 Å². The van der Waals surface area contributed by atoms with Crippen LogP contribution in [0, 0.1) is 0 Å². The first-order valence-corrected chi connectivity index (χ1v) is 4.21. The molecule has 0 aliphatic rings. The zero-order valence-electron chi connectivity index (χ0n) is 7.64. The Morgan fingerprint density at radius 2 is 2.21 bits per heavy atom. The molecule has 0 radical (unpaired) electrons. The van der Waals surface area contributed by atoms with Gasteiger partial charge in [0.25, 0.3) is 0 Å². The number of anilines is 1. The maximum Gasteiger partial charge on any atom is 0.240 e. The lowest BCUT2D eigenvalue weighted by Crippen LogP contribution is -1.95. The summed E-state index contributed by atoms with van der Waals surface area (Å²) in [5.74, 6) is 1.70. The number of hydrogen-bond acceptors (Lipinski definition) is 6. The third-order valence-electron chi connectivity index (χ3n) is 1.65. The SMILES string of the molecule is CCc1nc(-c2nccc(N)n2)no1. The van der Waals surface area contributed by atoms with Gasteiger partial charge in [0.05, 0.1) is 0 Å². The normalized spacial score (nSPS) is 10.4. The minimum Gasteiger partial charge on any atom is -0.384 e. The maximum absolute atomic E-state index is 5.50. The zero-order valence-corrected chi connectivity index (χ0v) is 7.64. The highest BCUT2D eigenvalue weighted by atomic mass is 16.5. The van der Waals surface area contributed by atoms with Crippen molar-refractivity contribution in [3.63, 3.8) is 0 Å². The number of nitrogen functional groups attached to an aromatic ring is 1. The second-order valence-electron chi connectivity index (χ2n) is 2.67. The average molecular weight is 191 g/mol. The van der Waals surface area contributed by atoms with E-state index in [4.69, 9.17) is 10.3 Å². The maximum atomic E-state index is 5.50. The van der Waals surface area contributed by atoms with Crippen molar-refractivity contribution in [3.8, 4) is 11.6 Å². The van der Waals surface area contributed by atoms with Gasteiger partial charge in [0.2, 0.25) is 17.5 Å². The number of rotatable bonds is 2. The van der Waals surface area contributed by atoms with Gasteiger partial charge < -0.3 is 10.3 Å². The van der Waals surface area contributed by atoms with Crippen molar-refractivity contribution in [2.24, 2.45) is 0 Å². The van der Waals surface area contributed by atoms with E-state index in [1.165, 1.54) is 0 Å². The Bertz CT molecular complexity index is 439. The first kappa shape index (κ1) is 8.61. The Morgan fingerprint density at radius 3 is 2.86 bits per heavy atom. The van der Waals surface area contributed by atoms with Crippen molar-refractivity contribution in [2.75, 3.05) is 5.73 Å². The molecule has 0 saturated heterocycles.